The van der Waals surface area contributed by atoms with E-state index in [1.807, 2.05) is 72.1 Å². The Kier molecular flexibility index (Phi) is 15.6. The first-order valence-corrected chi connectivity index (χ1v) is 19.5. The highest BCUT2D eigenvalue weighted by Crippen LogP contribution is 2.37. The molecule has 2 unspecified atom stereocenters. The van der Waals surface area contributed by atoms with Crippen molar-refractivity contribution in [2.75, 3.05) is 40.5 Å². The number of nitrogens with zero attached hydrogens (tertiary/aromatic N) is 2. The van der Waals surface area contributed by atoms with E-state index >= 15 is 0 Å². The van der Waals surface area contributed by atoms with Crippen LogP contribution in [0.5, 0.6) is 11.5 Å². The van der Waals surface area contributed by atoms with Gasteiger partial charge in [0.1, 0.15) is 18.0 Å². The number of rotatable bonds is 19. The fourth-order valence-electron chi connectivity index (χ4n) is 6.38. The molecule has 4 N–H and O–H groups in total. The molecule has 0 saturated heterocycles. The highest BCUT2D eigenvalue weighted by molar-refractivity contribution is 7.46. The second-order valence-corrected chi connectivity index (χ2v) is 17.1. The molecule has 3 aromatic rings. The molecule has 0 aliphatic heterocycles. The summed E-state index contributed by atoms with van der Waals surface area (Å²) in [7, 11) is -0.984. The molecule has 0 amide bonds. The molecule has 3 aromatic carbocycles. The Morgan fingerprint density at radius 2 is 1.56 bits per heavy atom. The van der Waals surface area contributed by atoms with Gasteiger partial charge in [-0.25, -0.2) is 13.9 Å². The van der Waals surface area contributed by atoms with Crippen LogP contribution in [0.3, 0.4) is 0 Å². The number of nitrogens with one attached hydrogen (secondary N) is 1. The number of carbonyl (C=O) groups excluding carboxylic acids is 1. The monoisotopic (exact) mass is 742 g/mol. The Labute approximate surface area is 310 Å². The van der Waals surface area contributed by atoms with Gasteiger partial charge in [0.25, 0.3) is 0 Å². The normalized spacial score (nSPS) is 13.8. The lowest BCUT2D eigenvalue weighted by Crippen LogP contribution is -2.44. The van der Waals surface area contributed by atoms with E-state index in [1.165, 1.54) is 0 Å². The van der Waals surface area contributed by atoms with Crippen molar-refractivity contribution in [3.8, 4) is 11.5 Å². The zero-order valence-corrected chi connectivity index (χ0v) is 33.5. The molecule has 0 fully saturated rings. The van der Waals surface area contributed by atoms with Crippen molar-refractivity contribution in [2.45, 2.75) is 98.0 Å². The number of quaternary nitrogens is 1. The highest BCUT2D eigenvalue weighted by atomic mass is 31.2. The van der Waals surface area contributed by atoms with Gasteiger partial charge >= 0.3 is 13.8 Å². The molecule has 0 radical (unpaired) electrons. The summed E-state index contributed by atoms with van der Waals surface area (Å²) in [6.45, 7) is 17.7. The molecule has 12 heteroatoms. The first-order valence-electron chi connectivity index (χ1n) is 18.0. The lowest BCUT2D eigenvalue weighted by Gasteiger charge is -2.32. The average molecular weight is 743 g/mol. The summed E-state index contributed by atoms with van der Waals surface area (Å²) >= 11 is 0. The number of aliphatic hydroxyl groups is 1. The largest absolute Gasteiger partial charge is 0.472 e. The second-order valence-electron chi connectivity index (χ2n) is 15.8. The van der Waals surface area contributed by atoms with E-state index in [1.54, 1.807) is 18.2 Å². The predicted octanol–water partition coefficient (Wildman–Crippen LogP) is 6.68. The van der Waals surface area contributed by atoms with Gasteiger partial charge in [-0.2, -0.15) is 0 Å². The third kappa shape index (κ3) is 14.4. The van der Waals surface area contributed by atoms with E-state index in [2.05, 4.69) is 60.6 Å². The number of phosphoric ester groups is 1. The maximum absolute atomic E-state index is 13.7. The first kappa shape index (κ1) is 43.3. The molecule has 0 spiro atoms. The summed E-state index contributed by atoms with van der Waals surface area (Å²) in [5.74, 6) is 0.436. The number of phosphoric acid groups is 1. The van der Waals surface area contributed by atoms with Crippen molar-refractivity contribution >= 4 is 13.8 Å². The van der Waals surface area contributed by atoms with Crippen molar-refractivity contribution in [2.24, 2.45) is 0 Å². The van der Waals surface area contributed by atoms with Gasteiger partial charge in [-0.15, -0.1) is 0 Å². The van der Waals surface area contributed by atoms with Gasteiger partial charge in [-0.1, -0.05) is 54.1 Å². The zero-order chi connectivity index (χ0) is 38.9. The minimum Gasteiger partial charge on any atom is -0.466 e. The van der Waals surface area contributed by atoms with Crippen LogP contribution in [0.25, 0.3) is 0 Å². The molecule has 3 rings (SSSR count). The molecular weight excluding hydrogens is 681 g/mol. The molecule has 11 nitrogen and oxygen atoms in total. The minimum atomic E-state index is -4.76. The fourth-order valence-corrected chi connectivity index (χ4v) is 6.57. The summed E-state index contributed by atoms with van der Waals surface area (Å²) < 4.78 is 27.8. The molecule has 0 aliphatic rings. The highest BCUT2D eigenvalue weighted by Gasteiger charge is 2.28. The number of hydrogen-bond acceptors (Lipinski definition) is 8. The number of aliphatic hydroxyl groups excluding tert-OH is 1. The lowest BCUT2D eigenvalue weighted by atomic mass is 9.86. The molecular formula is C40H61N3O8P+. The summed E-state index contributed by atoms with van der Waals surface area (Å²) in [4.78, 5) is 34.5. The van der Waals surface area contributed by atoms with E-state index in [9.17, 15) is 14.5 Å². The van der Waals surface area contributed by atoms with Crippen molar-refractivity contribution in [3.63, 3.8) is 0 Å². The molecule has 0 heterocycles. The number of benzene rings is 3. The van der Waals surface area contributed by atoms with E-state index in [-0.39, 0.29) is 29.0 Å². The number of carbonyl (C=O) groups is 1. The van der Waals surface area contributed by atoms with Gasteiger partial charge in [-0.05, 0) is 97.7 Å². The minimum absolute atomic E-state index is 0.00316. The van der Waals surface area contributed by atoms with Gasteiger partial charge < -0.3 is 34.2 Å². The van der Waals surface area contributed by atoms with Gasteiger partial charge in [0.05, 0.1) is 20.2 Å². The van der Waals surface area contributed by atoms with E-state index in [0.29, 0.717) is 41.3 Å². The first-order chi connectivity index (χ1) is 24.1. The van der Waals surface area contributed by atoms with Crippen LogP contribution < -0.4 is 14.8 Å². The molecule has 0 saturated carbocycles. The standard InChI is InChI=1S/C40H60N3O8P/c1-28(2)42(29(3)4)21-20-34(31-14-12-11-13-15-31)35-22-30(5)16-18-38(35)51-39(45)26-43(9,10)25-33-23-32(36(44)24-41-40(6,7)8)17-19-37(33)49-27-50-52(46,47)48/h11-19,22-23,28-29,34,36,41,44H,20-21,24-27H2,1-10H3,(H-,46,47,48)/p+1. The molecule has 2 atom stereocenters. The van der Waals surface area contributed by atoms with Crippen molar-refractivity contribution in [3.05, 3.63) is 94.5 Å². The van der Waals surface area contributed by atoms with E-state index < -0.39 is 26.7 Å². The van der Waals surface area contributed by atoms with Gasteiger partial charge in [0.15, 0.2) is 13.3 Å². The van der Waals surface area contributed by atoms with Gasteiger partial charge in [0, 0.05) is 41.2 Å². The Morgan fingerprint density at radius 3 is 2.15 bits per heavy atom. The van der Waals surface area contributed by atoms with E-state index in [4.69, 9.17) is 19.3 Å². The van der Waals surface area contributed by atoms with Crippen molar-refractivity contribution in [1.82, 2.24) is 10.2 Å². The second kappa shape index (κ2) is 18.8. The molecule has 0 bridgehead atoms. The van der Waals surface area contributed by atoms with Crippen molar-refractivity contribution in [1.29, 1.82) is 0 Å². The Bertz CT molecular complexity index is 1630. The van der Waals surface area contributed by atoms with Crippen LogP contribution in [0.15, 0.2) is 66.7 Å². The summed E-state index contributed by atoms with van der Waals surface area (Å²) in [5.41, 5.74) is 4.24. The lowest BCUT2D eigenvalue weighted by molar-refractivity contribution is -0.896. The number of likely N-dealkylation sites (N-methyl/N-ethyl adjacent to an activating group) is 1. The van der Waals surface area contributed by atoms with Crippen LogP contribution in [0.4, 0.5) is 0 Å². The topological polar surface area (TPSA) is 138 Å². The number of esters is 1. The van der Waals surface area contributed by atoms with Crippen LogP contribution >= 0.6 is 7.82 Å². The summed E-state index contributed by atoms with van der Waals surface area (Å²) in [6, 6.07) is 22.2. The maximum Gasteiger partial charge on any atom is 0.472 e. The smallest absolute Gasteiger partial charge is 0.466 e. The molecule has 288 valence electrons. The predicted molar refractivity (Wildman–Crippen MR) is 205 cm³/mol. The molecule has 0 aromatic heterocycles. The zero-order valence-electron chi connectivity index (χ0n) is 32.6. The number of β-amino-alcohol motifs (C(OH)–C–C–N with tert-alkyl or cyclic N) is 1. The van der Waals surface area contributed by atoms with Crippen LogP contribution in [0, 0.1) is 6.92 Å². The number of aryl methyl sites for hydroxylation is 1. The maximum atomic E-state index is 13.7. The molecule has 0 aliphatic carbocycles. The Balaban J connectivity index is 1.88. The third-order valence-corrected chi connectivity index (χ3v) is 9.30. The van der Waals surface area contributed by atoms with Crippen LogP contribution in [-0.4, -0.2) is 88.4 Å². The quantitative estimate of drug-likeness (QED) is 0.0346. The van der Waals surface area contributed by atoms with Crippen molar-refractivity contribution < 1.29 is 42.7 Å². The van der Waals surface area contributed by atoms with Gasteiger partial charge in [-0.3, -0.25) is 4.90 Å². The summed E-state index contributed by atoms with van der Waals surface area (Å²) in [6.07, 6.45) is 0.0161. The third-order valence-electron chi connectivity index (χ3n) is 8.85. The van der Waals surface area contributed by atoms with Crippen LogP contribution in [-0.2, 0) is 20.4 Å². The van der Waals surface area contributed by atoms with E-state index in [0.717, 1.165) is 29.7 Å². The number of hydrogen-bond donors (Lipinski definition) is 4. The Morgan fingerprint density at radius 1 is 0.923 bits per heavy atom. The van der Waals surface area contributed by atoms with Crippen LogP contribution in [0.1, 0.15) is 94.7 Å². The van der Waals surface area contributed by atoms with Gasteiger partial charge in [0.2, 0.25) is 0 Å². The fraction of sp³-hybridized carbons (Fsp3) is 0.525. The average Bonchev–Trinajstić information content (AvgIpc) is 3.02. The Hall–Kier alpha value is -3.12. The van der Waals surface area contributed by atoms with Crippen LogP contribution in [0.2, 0.25) is 0 Å². The SMILES string of the molecule is Cc1ccc(OC(=O)C[N+](C)(C)Cc2cc(C(O)CNC(C)(C)C)ccc2OCOP(=O)(O)O)c(C(CCN(C(C)C)C(C)C)c2ccccc2)c1. The molecule has 52 heavy (non-hydrogen) atoms. The summed E-state index contributed by atoms with van der Waals surface area (Å²) in [5, 5.41) is 14.3. The number of ether oxygens (including phenoxy) is 2.